The largest absolute Gasteiger partial charge is 0.493 e. The first-order valence-corrected chi connectivity index (χ1v) is 12.5. The zero-order chi connectivity index (χ0) is 26.9. The van der Waals surface area contributed by atoms with Crippen LogP contribution in [0.15, 0.2) is 59.7 Å². The minimum atomic E-state index is -1.01. The van der Waals surface area contributed by atoms with Crippen LogP contribution in [0.25, 0.3) is 0 Å². The molecule has 3 amide bonds. The molecule has 3 N–H and O–H groups in total. The van der Waals surface area contributed by atoms with Crippen molar-refractivity contribution in [2.75, 3.05) is 24.4 Å². The van der Waals surface area contributed by atoms with Gasteiger partial charge < -0.3 is 20.1 Å². The van der Waals surface area contributed by atoms with Gasteiger partial charge in [0.05, 0.1) is 32.6 Å². The smallest absolute Gasteiger partial charge is 0.329 e. The van der Waals surface area contributed by atoms with Crippen molar-refractivity contribution < 1.29 is 23.9 Å². The molecule has 0 spiro atoms. The molecule has 0 aliphatic rings. The number of benzene rings is 3. The number of ether oxygens (including phenoxy) is 2. The number of para-hydroxylation sites is 1. The van der Waals surface area contributed by atoms with Gasteiger partial charge in [-0.25, -0.2) is 5.43 Å². The summed E-state index contributed by atoms with van der Waals surface area (Å²) in [5.41, 5.74) is 4.53. The summed E-state index contributed by atoms with van der Waals surface area (Å²) in [5.74, 6) is -1.56. The summed E-state index contributed by atoms with van der Waals surface area (Å²) >= 11 is 13.9. The molecule has 9 nitrogen and oxygen atoms in total. The van der Waals surface area contributed by atoms with Crippen LogP contribution in [0.3, 0.4) is 0 Å². The quantitative estimate of drug-likeness (QED) is 0.136. The van der Waals surface area contributed by atoms with Crippen molar-refractivity contribution in [3.05, 3.63) is 79.3 Å². The van der Waals surface area contributed by atoms with Gasteiger partial charge in [0.25, 0.3) is 5.91 Å². The molecule has 0 saturated heterocycles. The van der Waals surface area contributed by atoms with Gasteiger partial charge in [-0.3, -0.25) is 14.4 Å². The molecule has 0 atom stereocenters. The van der Waals surface area contributed by atoms with Gasteiger partial charge in [-0.2, -0.15) is 5.10 Å². The standard InChI is InChI=1S/C25H21Cl2IN4O5/c1-14-6-3-4-8-18(14)30-21(33)13-37-23-17(28)10-15(11-20(23)36-2)12-29-32-25(35)24(34)31-19-9-5-7-16(26)22(19)27/h3-12H,13H2,1-2H3,(H,30,33)(H,31,34)(H,32,35)/b29-12-. The Balaban J connectivity index is 1.60. The Kier molecular flexibility index (Phi) is 10.1. The number of carbonyl (C=O) groups is 3. The van der Waals surface area contributed by atoms with Crippen molar-refractivity contribution in [2.45, 2.75) is 6.92 Å². The predicted molar refractivity (Wildman–Crippen MR) is 152 cm³/mol. The first-order chi connectivity index (χ1) is 17.7. The zero-order valence-electron chi connectivity index (χ0n) is 19.6. The van der Waals surface area contributed by atoms with Crippen LogP contribution in [0.2, 0.25) is 10.0 Å². The van der Waals surface area contributed by atoms with Gasteiger partial charge in [-0.1, -0.05) is 47.5 Å². The van der Waals surface area contributed by atoms with Gasteiger partial charge in [0.1, 0.15) is 0 Å². The molecule has 12 heteroatoms. The van der Waals surface area contributed by atoms with Crippen molar-refractivity contribution in [3.63, 3.8) is 0 Å². The summed E-state index contributed by atoms with van der Waals surface area (Å²) in [5, 5.41) is 9.33. The first kappa shape index (κ1) is 28.2. The van der Waals surface area contributed by atoms with E-state index in [-0.39, 0.29) is 28.2 Å². The number of rotatable bonds is 8. The number of nitrogens with zero attached hydrogens (tertiary/aromatic N) is 1. The highest BCUT2D eigenvalue weighted by Gasteiger charge is 2.16. The van der Waals surface area contributed by atoms with Crippen LogP contribution >= 0.6 is 45.8 Å². The second-order valence-corrected chi connectivity index (χ2v) is 9.39. The molecule has 0 aliphatic heterocycles. The summed E-state index contributed by atoms with van der Waals surface area (Å²) in [4.78, 5) is 36.5. The molecule has 3 aromatic rings. The summed E-state index contributed by atoms with van der Waals surface area (Å²) in [6, 6.07) is 15.4. The van der Waals surface area contributed by atoms with E-state index in [2.05, 4.69) is 21.2 Å². The van der Waals surface area contributed by atoms with E-state index in [9.17, 15) is 14.4 Å². The summed E-state index contributed by atoms with van der Waals surface area (Å²) in [6.45, 7) is 1.67. The molecule has 0 fully saturated rings. The van der Waals surface area contributed by atoms with Crippen molar-refractivity contribution in [2.24, 2.45) is 5.10 Å². The number of hydrogen-bond acceptors (Lipinski definition) is 6. The molecule has 0 heterocycles. The average Bonchev–Trinajstić information content (AvgIpc) is 2.87. The van der Waals surface area contributed by atoms with Gasteiger partial charge in [0.15, 0.2) is 18.1 Å². The fourth-order valence-electron chi connectivity index (χ4n) is 2.99. The molecule has 192 valence electrons. The highest BCUT2D eigenvalue weighted by atomic mass is 127. The minimum Gasteiger partial charge on any atom is -0.493 e. The van der Waals surface area contributed by atoms with Gasteiger partial charge in [-0.15, -0.1) is 0 Å². The molecule has 0 aromatic heterocycles. The maximum Gasteiger partial charge on any atom is 0.329 e. The lowest BCUT2D eigenvalue weighted by Crippen LogP contribution is -2.32. The lowest BCUT2D eigenvalue weighted by molar-refractivity contribution is -0.136. The fourth-order valence-corrected chi connectivity index (χ4v) is 4.12. The Morgan fingerprint density at radius 1 is 1.00 bits per heavy atom. The average molecular weight is 655 g/mol. The Morgan fingerprint density at radius 2 is 1.73 bits per heavy atom. The third-order valence-corrected chi connectivity index (χ3v) is 6.42. The Bertz CT molecular complexity index is 1370. The van der Waals surface area contributed by atoms with Crippen LogP contribution in [0.5, 0.6) is 11.5 Å². The molecule has 3 rings (SSSR count). The molecule has 0 bridgehead atoms. The zero-order valence-corrected chi connectivity index (χ0v) is 23.3. The van der Waals surface area contributed by atoms with E-state index in [1.54, 1.807) is 30.3 Å². The van der Waals surface area contributed by atoms with E-state index in [4.69, 9.17) is 32.7 Å². The molecule has 0 unspecified atom stereocenters. The van der Waals surface area contributed by atoms with E-state index in [0.717, 1.165) is 5.56 Å². The Hall–Kier alpha value is -3.35. The van der Waals surface area contributed by atoms with Crippen molar-refractivity contribution in [3.8, 4) is 11.5 Å². The van der Waals surface area contributed by atoms with E-state index in [1.807, 2.05) is 47.7 Å². The highest BCUT2D eigenvalue weighted by molar-refractivity contribution is 14.1. The van der Waals surface area contributed by atoms with Crippen molar-refractivity contribution >= 4 is 81.1 Å². The predicted octanol–water partition coefficient (Wildman–Crippen LogP) is 5.02. The minimum absolute atomic E-state index is 0.116. The summed E-state index contributed by atoms with van der Waals surface area (Å²) in [7, 11) is 1.46. The van der Waals surface area contributed by atoms with Gasteiger partial charge in [0.2, 0.25) is 0 Å². The molecule has 37 heavy (non-hydrogen) atoms. The monoisotopic (exact) mass is 654 g/mol. The number of aryl methyl sites for hydroxylation is 1. The summed E-state index contributed by atoms with van der Waals surface area (Å²) in [6.07, 6.45) is 1.33. The van der Waals surface area contributed by atoms with E-state index >= 15 is 0 Å². The molecular formula is C25H21Cl2IN4O5. The molecule has 3 aromatic carbocycles. The summed E-state index contributed by atoms with van der Waals surface area (Å²) < 4.78 is 11.7. The highest BCUT2D eigenvalue weighted by Crippen LogP contribution is 2.33. The van der Waals surface area contributed by atoms with Crippen molar-refractivity contribution in [1.29, 1.82) is 0 Å². The number of carbonyl (C=O) groups excluding carboxylic acids is 3. The topological polar surface area (TPSA) is 118 Å². The van der Waals surface area contributed by atoms with E-state index < -0.39 is 11.8 Å². The Labute approximate surface area is 236 Å². The third-order valence-electron chi connectivity index (χ3n) is 4.80. The molecular weight excluding hydrogens is 634 g/mol. The van der Waals surface area contributed by atoms with Gasteiger partial charge in [0, 0.05) is 5.69 Å². The van der Waals surface area contributed by atoms with E-state index in [0.29, 0.717) is 26.3 Å². The number of hydrazone groups is 1. The van der Waals surface area contributed by atoms with Crippen molar-refractivity contribution in [1.82, 2.24) is 5.43 Å². The number of nitrogens with one attached hydrogen (secondary N) is 3. The normalized spacial score (nSPS) is 10.6. The second-order valence-electron chi connectivity index (χ2n) is 7.44. The van der Waals surface area contributed by atoms with Crippen LogP contribution in [0, 0.1) is 10.5 Å². The Morgan fingerprint density at radius 3 is 2.46 bits per heavy atom. The first-order valence-electron chi connectivity index (χ1n) is 10.6. The van der Waals surface area contributed by atoms with Gasteiger partial charge in [-0.05, 0) is 71.0 Å². The van der Waals surface area contributed by atoms with Gasteiger partial charge >= 0.3 is 11.8 Å². The SMILES string of the molecule is COc1cc(/C=N\NC(=O)C(=O)Nc2cccc(Cl)c2Cl)cc(I)c1OCC(=O)Nc1ccccc1C. The number of hydrogen-bond donors (Lipinski definition) is 3. The second kappa shape index (κ2) is 13.3. The third kappa shape index (κ3) is 7.81. The maximum absolute atomic E-state index is 12.3. The number of amides is 3. The maximum atomic E-state index is 12.3. The van der Waals surface area contributed by atoms with E-state index in [1.165, 1.54) is 19.4 Å². The number of halogens is 3. The lowest BCUT2D eigenvalue weighted by atomic mass is 10.2. The van der Waals surface area contributed by atoms with Crippen LogP contribution < -0.4 is 25.5 Å². The fraction of sp³-hybridized carbons (Fsp3) is 0.120. The molecule has 0 radical (unpaired) electrons. The number of methoxy groups -OCH3 is 1. The van der Waals surface area contributed by atoms with Crippen LogP contribution in [0.4, 0.5) is 11.4 Å². The number of anilines is 2. The lowest BCUT2D eigenvalue weighted by Gasteiger charge is -2.14. The van der Waals surface area contributed by atoms with Crippen LogP contribution in [-0.4, -0.2) is 37.7 Å². The van der Waals surface area contributed by atoms with Crippen LogP contribution in [-0.2, 0) is 14.4 Å². The molecule has 0 aliphatic carbocycles. The molecule has 0 saturated carbocycles. The van der Waals surface area contributed by atoms with Crippen LogP contribution in [0.1, 0.15) is 11.1 Å².